The van der Waals surface area contributed by atoms with Crippen LogP contribution in [0.5, 0.6) is 0 Å². The van der Waals surface area contributed by atoms with Crippen molar-refractivity contribution < 1.29 is 0 Å². The summed E-state index contributed by atoms with van der Waals surface area (Å²) in [5.41, 5.74) is 12.0. The van der Waals surface area contributed by atoms with Gasteiger partial charge in [-0.15, -0.1) is 0 Å². The molecule has 0 N–H and O–H groups in total. The molecule has 0 amide bonds. The van der Waals surface area contributed by atoms with Gasteiger partial charge in [-0.05, 0) is 90.7 Å². The van der Waals surface area contributed by atoms with Crippen LogP contribution in [0.25, 0.3) is 72.4 Å². The highest BCUT2D eigenvalue weighted by atomic mass is 15.0. The average Bonchev–Trinajstić information content (AvgIpc) is 3.64. The molecule has 5 heteroatoms. The lowest BCUT2D eigenvalue weighted by Gasteiger charge is -2.19. The first-order valence-corrected chi connectivity index (χ1v) is 16.4. The topological polar surface area (TPSA) is 81.2 Å². The Labute approximate surface area is 290 Å². The first-order chi connectivity index (χ1) is 24.6. The van der Waals surface area contributed by atoms with E-state index in [-0.39, 0.29) is 0 Å². The van der Waals surface area contributed by atoms with Gasteiger partial charge in [0.25, 0.3) is 0 Å². The van der Waals surface area contributed by atoms with E-state index >= 15 is 0 Å². The molecule has 5 nitrogen and oxygen atoms in total. The number of hydrogen-bond acceptors (Lipinski definition) is 3. The molecule has 8 rings (SSSR count). The molecule has 0 atom stereocenters. The van der Waals surface area contributed by atoms with E-state index in [1.807, 2.05) is 91.9 Å². The molecular weight excluding hydrogens is 611 g/mol. The summed E-state index contributed by atoms with van der Waals surface area (Å²) in [6, 6.07) is 49.4. The molecule has 6 aromatic carbocycles. The highest BCUT2D eigenvalue weighted by molar-refractivity contribution is 6.10. The number of aromatic nitrogens is 2. The lowest BCUT2D eigenvalue weighted by Crippen LogP contribution is -2.02. The molecule has 0 fully saturated rings. The zero-order valence-electron chi connectivity index (χ0n) is 27.5. The van der Waals surface area contributed by atoms with E-state index in [1.54, 1.807) is 0 Å². The molecular formula is C45H29N5. The van der Waals surface area contributed by atoms with Crippen molar-refractivity contribution in [2.75, 3.05) is 0 Å². The van der Waals surface area contributed by atoms with Crippen LogP contribution >= 0.6 is 0 Å². The van der Waals surface area contributed by atoms with Crippen LogP contribution in [0.4, 0.5) is 0 Å². The van der Waals surface area contributed by atoms with E-state index in [0.29, 0.717) is 16.7 Å². The maximum atomic E-state index is 10.6. The molecule has 0 aliphatic carbocycles. The Morgan fingerprint density at radius 1 is 0.540 bits per heavy atom. The molecule has 0 saturated heterocycles. The maximum Gasteiger partial charge on any atom is 0.101 e. The molecule has 0 aliphatic heterocycles. The molecule has 0 aliphatic rings. The molecule has 2 aromatic heterocycles. The molecule has 0 radical (unpaired) electrons. The van der Waals surface area contributed by atoms with Gasteiger partial charge in [0.05, 0.1) is 50.7 Å². The van der Waals surface area contributed by atoms with E-state index in [4.69, 9.17) is 0 Å². The lowest BCUT2D eigenvalue weighted by atomic mass is 9.91. The number of nitriles is 3. The second-order valence-corrected chi connectivity index (χ2v) is 12.3. The third-order valence-electron chi connectivity index (χ3n) is 9.57. The Kier molecular flexibility index (Phi) is 7.34. The standard InChI is InChI=1S/C45H29N5/c1-3-11-40-29(2)34-13-6-8-18-42(34)49(40)41-23-21-31(25-33(41)28-48)35-14-4-5-15-36(35)38-17-10-12-32(27-47)45(38)50-43-19-9-7-16-37(43)39-24-30(26-46)20-22-44(39)50/h3-25H,1-2H3/b11-3-. The zero-order chi connectivity index (χ0) is 34.4. The summed E-state index contributed by atoms with van der Waals surface area (Å²) in [4.78, 5) is 0. The number of hydrogen-bond donors (Lipinski definition) is 0. The number of benzene rings is 6. The Balaban J connectivity index is 1.37. The van der Waals surface area contributed by atoms with Crippen molar-refractivity contribution in [2.45, 2.75) is 13.8 Å². The van der Waals surface area contributed by atoms with Crippen molar-refractivity contribution in [3.05, 3.63) is 161 Å². The second-order valence-electron chi connectivity index (χ2n) is 12.3. The summed E-state index contributed by atoms with van der Waals surface area (Å²) < 4.78 is 4.32. The van der Waals surface area contributed by atoms with E-state index in [1.165, 1.54) is 0 Å². The van der Waals surface area contributed by atoms with Gasteiger partial charge >= 0.3 is 0 Å². The van der Waals surface area contributed by atoms with Gasteiger partial charge in [-0.1, -0.05) is 84.9 Å². The predicted octanol–water partition coefficient (Wildman–Crippen LogP) is 11.0. The summed E-state index contributed by atoms with van der Waals surface area (Å²) in [6.45, 7) is 4.13. The third-order valence-corrected chi connectivity index (χ3v) is 9.57. The van der Waals surface area contributed by atoms with E-state index in [9.17, 15) is 15.8 Å². The first kappa shape index (κ1) is 30.2. The van der Waals surface area contributed by atoms with Gasteiger partial charge in [0.15, 0.2) is 0 Å². The van der Waals surface area contributed by atoms with Crippen LogP contribution in [0, 0.1) is 40.9 Å². The van der Waals surface area contributed by atoms with Crippen LogP contribution in [-0.2, 0) is 0 Å². The third kappa shape index (κ3) is 4.60. The lowest BCUT2D eigenvalue weighted by molar-refractivity contribution is 1.09. The van der Waals surface area contributed by atoms with Crippen LogP contribution in [0.15, 0.2) is 133 Å². The van der Waals surface area contributed by atoms with Gasteiger partial charge in [0.2, 0.25) is 0 Å². The van der Waals surface area contributed by atoms with Gasteiger partial charge < -0.3 is 9.13 Å². The summed E-state index contributed by atoms with van der Waals surface area (Å²) in [7, 11) is 0. The van der Waals surface area contributed by atoms with Crippen molar-refractivity contribution in [3.63, 3.8) is 0 Å². The van der Waals surface area contributed by atoms with Crippen LogP contribution in [0.2, 0.25) is 0 Å². The largest absolute Gasteiger partial charge is 0.308 e. The number of rotatable bonds is 5. The number of para-hydroxylation sites is 3. The van der Waals surface area contributed by atoms with Crippen LogP contribution < -0.4 is 0 Å². The quantitative estimate of drug-likeness (QED) is 0.188. The minimum Gasteiger partial charge on any atom is -0.308 e. The fourth-order valence-electron chi connectivity index (χ4n) is 7.37. The molecule has 234 valence electrons. The Morgan fingerprint density at radius 3 is 1.94 bits per heavy atom. The van der Waals surface area contributed by atoms with Gasteiger partial charge in [0.1, 0.15) is 12.1 Å². The average molecular weight is 640 g/mol. The molecule has 8 aromatic rings. The van der Waals surface area contributed by atoms with Gasteiger partial charge in [0, 0.05) is 27.4 Å². The molecule has 2 heterocycles. The normalized spacial score (nSPS) is 11.3. The van der Waals surface area contributed by atoms with Crippen LogP contribution in [0.3, 0.4) is 0 Å². The Morgan fingerprint density at radius 2 is 1.20 bits per heavy atom. The van der Waals surface area contributed by atoms with Gasteiger partial charge in [-0.3, -0.25) is 0 Å². The van der Waals surface area contributed by atoms with Crippen molar-refractivity contribution in [1.29, 1.82) is 15.8 Å². The molecule has 0 spiro atoms. The maximum absolute atomic E-state index is 10.6. The minimum absolute atomic E-state index is 0.531. The Bertz CT molecular complexity index is 2820. The van der Waals surface area contributed by atoms with Crippen molar-refractivity contribution in [3.8, 4) is 51.8 Å². The summed E-state index contributed by atoms with van der Waals surface area (Å²) in [5.74, 6) is 0. The number of fused-ring (bicyclic) bond motifs is 4. The number of allylic oxidation sites excluding steroid dienone is 1. The summed E-state index contributed by atoms with van der Waals surface area (Å²) in [5, 5.41) is 33.9. The number of aryl methyl sites for hydroxylation is 1. The van der Waals surface area contributed by atoms with Crippen LogP contribution in [0.1, 0.15) is 34.9 Å². The fourth-order valence-corrected chi connectivity index (χ4v) is 7.37. The fraction of sp³-hybridized carbons (Fsp3) is 0.0444. The SMILES string of the molecule is C/C=C\c1c(C)c2ccccc2n1-c1ccc(-c2ccccc2-c2cccc(C#N)c2-n2c3ccccc3c3cc(C#N)ccc32)cc1C#N. The summed E-state index contributed by atoms with van der Waals surface area (Å²) in [6.07, 6.45) is 4.13. The van der Waals surface area contributed by atoms with E-state index in [2.05, 4.69) is 88.9 Å². The first-order valence-electron chi connectivity index (χ1n) is 16.4. The van der Waals surface area contributed by atoms with E-state index < -0.39 is 0 Å². The molecule has 0 bridgehead atoms. The zero-order valence-corrected chi connectivity index (χ0v) is 27.5. The Hall–Kier alpha value is -7.13. The highest BCUT2D eigenvalue weighted by Crippen LogP contribution is 2.42. The summed E-state index contributed by atoms with van der Waals surface area (Å²) >= 11 is 0. The minimum atomic E-state index is 0.531. The van der Waals surface area contributed by atoms with Crippen LogP contribution in [-0.4, -0.2) is 9.13 Å². The highest BCUT2D eigenvalue weighted by Gasteiger charge is 2.22. The van der Waals surface area contributed by atoms with Crippen molar-refractivity contribution in [2.24, 2.45) is 0 Å². The number of nitrogens with zero attached hydrogens (tertiary/aromatic N) is 5. The van der Waals surface area contributed by atoms with Crippen molar-refractivity contribution in [1.82, 2.24) is 9.13 Å². The molecule has 0 saturated carbocycles. The molecule has 0 unspecified atom stereocenters. The smallest absolute Gasteiger partial charge is 0.101 e. The van der Waals surface area contributed by atoms with Gasteiger partial charge in [-0.25, -0.2) is 0 Å². The monoisotopic (exact) mass is 639 g/mol. The second kappa shape index (κ2) is 12.1. The molecule has 50 heavy (non-hydrogen) atoms. The van der Waals surface area contributed by atoms with Gasteiger partial charge in [-0.2, -0.15) is 15.8 Å². The predicted molar refractivity (Wildman–Crippen MR) is 202 cm³/mol. The van der Waals surface area contributed by atoms with Crippen molar-refractivity contribution >= 4 is 38.8 Å². The van der Waals surface area contributed by atoms with E-state index in [0.717, 1.165) is 77.6 Å².